The predicted molar refractivity (Wildman–Crippen MR) is 257 cm³/mol. The van der Waals surface area contributed by atoms with E-state index in [-0.39, 0.29) is 39.5 Å². The molecule has 0 bridgehead atoms. The Morgan fingerprint density at radius 1 is 0.531 bits per heavy atom. The predicted octanol–water partition coefficient (Wildman–Crippen LogP) is 15.1. The summed E-state index contributed by atoms with van der Waals surface area (Å²) in [6.45, 7) is 6.05. The van der Waals surface area contributed by atoms with Gasteiger partial charge in [0.1, 0.15) is 28.7 Å². The topological polar surface area (TPSA) is 89.5 Å². The summed E-state index contributed by atoms with van der Waals surface area (Å²) in [4.78, 5) is 29.3. The Morgan fingerprint density at radius 2 is 1.06 bits per heavy atom. The third-order valence-electron chi connectivity index (χ3n) is 10.7. The molecular formula is C54H42O8P2. The van der Waals surface area contributed by atoms with E-state index < -0.39 is 23.0 Å². The van der Waals surface area contributed by atoms with Crippen LogP contribution in [-0.4, -0.2) is 11.6 Å². The monoisotopic (exact) mass is 880 g/mol. The summed E-state index contributed by atoms with van der Waals surface area (Å²) < 4.78 is 38.6. The lowest BCUT2D eigenvalue weighted by molar-refractivity contribution is 0.0975. The van der Waals surface area contributed by atoms with Crippen LogP contribution in [0.5, 0.6) is 28.7 Å². The zero-order chi connectivity index (χ0) is 44.0. The lowest BCUT2D eigenvalue weighted by atomic mass is 9.83. The molecule has 64 heavy (non-hydrogen) atoms. The second-order valence-corrected chi connectivity index (χ2v) is 16.9. The Kier molecular flexibility index (Phi) is 12.5. The molecule has 8 aromatic rings. The van der Waals surface area contributed by atoms with Crippen molar-refractivity contribution in [2.24, 2.45) is 0 Å². The van der Waals surface area contributed by atoms with Gasteiger partial charge in [0.15, 0.2) is 5.78 Å². The van der Waals surface area contributed by atoms with E-state index >= 15 is 0 Å². The van der Waals surface area contributed by atoms with Gasteiger partial charge in [0, 0.05) is 11.1 Å². The fourth-order valence-electron chi connectivity index (χ4n) is 7.59. The van der Waals surface area contributed by atoms with Crippen molar-refractivity contribution in [3.63, 3.8) is 0 Å². The van der Waals surface area contributed by atoms with E-state index in [2.05, 4.69) is 13.0 Å². The molecule has 0 fully saturated rings. The molecule has 0 aromatic heterocycles. The quantitative estimate of drug-likeness (QED) is 0.0571. The molecule has 0 radical (unpaired) electrons. The Hall–Kier alpha value is -7.24. The Bertz CT molecular complexity index is 3070. The molecule has 1 aliphatic rings. The summed E-state index contributed by atoms with van der Waals surface area (Å²) in [5.41, 5.74) is 2.60. The molecule has 0 amide bonds. The fraction of sp³-hybridized carbons (Fsp3) is 0.0741. The number of fused-ring (bicyclic) bond motifs is 5. The summed E-state index contributed by atoms with van der Waals surface area (Å²) >= 11 is 0. The Balaban J connectivity index is 1.06. The molecular weight excluding hydrogens is 839 g/mol. The molecule has 9 rings (SSSR count). The van der Waals surface area contributed by atoms with Crippen molar-refractivity contribution in [2.75, 3.05) is 0 Å². The van der Waals surface area contributed by atoms with Crippen LogP contribution in [0.3, 0.4) is 0 Å². The molecule has 8 nitrogen and oxygen atoms in total. The highest BCUT2D eigenvalue weighted by Crippen LogP contribution is 2.49. The smallest absolute Gasteiger partial charge is 0.416 e. The summed E-state index contributed by atoms with van der Waals surface area (Å²) in [6.07, 6.45) is 10.1. The molecule has 1 atom stereocenters. The summed E-state index contributed by atoms with van der Waals surface area (Å²) in [7, 11) is -4.46. The third-order valence-corrected chi connectivity index (χ3v) is 12.8. The number of allylic oxidation sites excluding steroid dienone is 5. The summed E-state index contributed by atoms with van der Waals surface area (Å²) in [5.74, 6) is 0.928. The van der Waals surface area contributed by atoms with E-state index in [0.29, 0.717) is 17.2 Å². The minimum Gasteiger partial charge on any atom is -0.416 e. The van der Waals surface area contributed by atoms with Crippen molar-refractivity contribution in [2.45, 2.75) is 27.2 Å². The first-order chi connectivity index (χ1) is 31.3. The highest BCUT2D eigenvalue weighted by atomic mass is 31.2. The molecule has 1 aliphatic carbocycles. The number of carbonyl (C=O) groups excluding carboxylic acids is 2. The number of aryl methyl sites for hydroxylation is 1. The normalized spacial score (nSPS) is 13.1. The van der Waals surface area contributed by atoms with E-state index in [1.54, 1.807) is 42.5 Å². The van der Waals surface area contributed by atoms with Crippen molar-refractivity contribution in [1.29, 1.82) is 0 Å². The van der Waals surface area contributed by atoms with Crippen LogP contribution in [0.25, 0.3) is 32.3 Å². The van der Waals surface area contributed by atoms with Gasteiger partial charge < -0.3 is 27.1 Å². The standard InChI is InChI=1S/C54H42O8P2/c1-4-15-37(5-2)16-14-31-57-63(60-45-32-36(3)46-22-11-10-21-42(46)35-45)61-49-25-12-23-47-51(49)54(56)52-48(53(47)55)24-13-26-50(52)62-64(58-43-29-27-38-17-6-8-19-40(38)33-43)59-44-30-28-39-18-7-9-20-41(39)34-44/h4,6-35H,5H2,1-3H3/b15-4-,31-14+,37-16-. The number of ketones is 2. The lowest BCUT2D eigenvalue weighted by Gasteiger charge is -2.24. The van der Waals surface area contributed by atoms with Gasteiger partial charge in [-0.2, -0.15) is 0 Å². The van der Waals surface area contributed by atoms with Crippen molar-refractivity contribution in [1.82, 2.24) is 0 Å². The molecule has 0 saturated carbocycles. The van der Waals surface area contributed by atoms with Crippen LogP contribution in [0, 0.1) is 6.92 Å². The average molecular weight is 881 g/mol. The van der Waals surface area contributed by atoms with Crippen molar-refractivity contribution >= 4 is 61.1 Å². The first kappa shape index (κ1) is 42.1. The Morgan fingerprint density at radius 3 is 1.66 bits per heavy atom. The molecule has 0 saturated heterocycles. The zero-order valence-corrected chi connectivity index (χ0v) is 37.1. The van der Waals surface area contributed by atoms with Gasteiger partial charge in [-0.3, -0.25) is 9.59 Å². The third kappa shape index (κ3) is 9.12. The molecule has 8 aromatic carbocycles. The van der Waals surface area contributed by atoms with Crippen LogP contribution in [-0.2, 0) is 4.52 Å². The van der Waals surface area contributed by atoms with Gasteiger partial charge >= 0.3 is 17.2 Å². The van der Waals surface area contributed by atoms with Crippen LogP contribution in [0.2, 0.25) is 0 Å². The zero-order valence-electron chi connectivity index (χ0n) is 35.3. The van der Waals surface area contributed by atoms with E-state index in [1.807, 2.05) is 147 Å². The van der Waals surface area contributed by atoms with Crippen LogP contribution in [0.4, 0.5) is 0 Å². The lowest BCUT2D eigenvalue weighted by Crippen LogP contribution is -2.22. The molecule has 0 heterocycles. The van der Waals surface area contributed by atoms with Gasteiger partial charge in [-0.25, -0.2) is 0 Å². The fourth-order valence-corrected chi connectivity index (χ4v) is 9.47. The molecule has 1 unspecified atom stereocenters. The van der Waals surface area contributed by atoms with E-state index in [4.69, 9.17) is 27.1 Å². The molecule has 0 N–H and O–H groups in total. The van der Waals surface area contributed by atoms with E-state index in [0.717, 1.165) is 49.9 Å². The maximum atomic E-state index is 15.0. The maximum Gasteiger partial charge on any atom is 0.530 e. The molecule has 0 spiro atoms. The second kappa shape index (κ2) is 19.0. The highest BCUT2D eigenvalue weighted by molar-refractivity contribution is 7.43. The largest absolute Gasteiger partial charge is 0.530 e. The molecule has 316 valence electrons. The van der Waals surface area contributed by atoms with Crippen LogP contribution in [0.1, 0.15) is 57.7 Å². The van der Waals surface area contributed by atoms with Crippen molar-refractivity contribution in [3.8, 4) is 28.7 Å². The van der Waals surface area contributed by atoms with Crippen LogP contribution in [0.15, 0.2) is 194 Å². The van der Waals surface area contributed by atoms with Crippen LogP contribution >= 0.6 is 17.2 Å². The Labute approximate surface area is 374 Å². The number of benzene rings is 8. The molecule has 10 heteroatoms. The first-order valence-corrected chi connectivity index (χ1v) is 23.0. The van der Waals surface area contributed by atoms with Gasteiger partial charge in [-0.15, -0.1) is 0 Å². The SMILES string of the molecule is C\C=C/C(=C\C=C\OP(Oc1cc(C)c2ccccc2c1)Oc1cccc2c1C(=O)c1c(OP(Oc3ccc4ccccc4c3)Oc3ccc4ccccc4c3)cccc1C2=O)CC. The van der Waals surface area contributed by atoms with Gasteiger partial charge in [-0.05, 0) is 118 Å². The van der Waals surface area contributed by atoms with Gasteiger partial charge in [0.05, 0.1) is 17.4 Å². The molecule has 0 aliphatic heterocycles. The average Bonchev–Trinajstić information content (AvgIpc) is 3.31. The second-order valence-electron chi connectivity index (χ2n) is 14.9. The van der Waals surface area contributed by atoms with Gasteiger partial charge in [0.2, 0.25) is 5.78 Å². The van der Waals surface area contributed by atoms with Crippen molar-refractivity contribution < 1.29 is 36.7 Å². The maximum absolute atomic E-state index is 15.0. The van der Waals surface area contributed by atoms with Gasteiger partial charge in [-0.1, -0.05) is 134 Å². The summed E-state index contributed by atoms with van der Waals surface area (Å²) in [6, 6.07) is 49.1. The first-order valence-electron chi connectivity index (χ1n) is 20.8. The number of hydrogen-bond acceptors (Lipinski definition) is 8. The highest BCUT2D eigenvalue weighted by Gasteiger charge is 2.37. The minimum atomic E-state index is -2.25. The van der Waals surface area contributed by atoms with E-state index in [1.165, 1.54) is 6.26 Å². The van der Waals surface area contributed by atoms with Crippen LogP contribution < -0.4 is 22.6 Å². The van der Waals surface area contributed by atoms with Gasteiger partial charge in [0.25, 0.3) is 0 Å². The number of rotatable bonds is 15. The number of hydrogen-bond donors (Lipinski definition) is 0. The summed E-state index contributed by atoms with van der Waals surface area (Å²) in [5, 5.41) is 6.11. The minimum absolute atomic E-state index is 0.0604. The van der Waals surface area contributed by atoms with Crippen molar-refractivity contribution in [3.05, 3.63) is 222 Å². The number of carbonyl (C=O) groups is 2. The van der Waals surface area contributed by atoms with E-state index in [9.17, 15) is 9.59 Å².